The molecule has 324 valence electrons. The molecule has 0 radical (unpaired) electrons. The molecule has 0 N–H and O–H groups in total. The van der Waals surface area contributed by atoms with Crippen LogP contribution in [0, 0.1) is 0 Å². The SMILES string of the molecule is [2H]c1c([2H])c(-c2nc(-c3cccc([Si](c4ccccc4)(c4ccccc4)c4ccccc4)c3)nc(-c3c([2H])c([2H])c(-c4c([2H])c([2H])c([2H])c5c4oc4c([2H])c([2H])c([2H])c([2H])c45)c([2H])c3[2H])n2)c([2H])c(-n2c3c([2H])c([2H])c([2H])c([2H])c3c3c([2H])c([2H])c([2H])c([2H])c32)c1[2H]. The van der Waals surface area contributed by atoms with Gasteiger partial charge in [-0.3, -0.25) is 0 Å². The van der Waals surface area contributed by atoms with Crippen molar-refractivity contribution in [3.8, 4) is 51.0 Å². The number of rotatable bonds is 9. The van der Waals surface area contributed by atoms with Crippen LogP contribution in [0.25, 0.3) is 94.7 Å². The lowest BCUT2D eigenvalue weighted by atomic mass is 10.0. The van der Waals surface area contributed by atoms with Crippen molar-refractivity contribution in [3.05, 3.63) is 254 Å². The molecule has 5 nitrogen and oxygen atoms in total. The maximum atomic E-state index is 10.1. The monoisotopic (exact) mass is 921 g/mol. The van der Waals surface area contributed by atoms with Gasteiger partial charge in [-0.2, -0.15) is 0 Å². The second kappa shape index (κ2) is 16.7. The fraction of sp³-hybridized carbons (Fsp3) is 0. The van der Waals surface area contributed by atoms with Crippen LogP contribution < -0.4 is 20.7 Å². The summed E-state index contributed by atoms with van der Waals surface area (Å²) < 4.78 is 216. The summed E-state index contributed by atoms with van der Waals surface area (Å²) >= 11 is 0. The summed E-state index contributed by atoms with van der Waals surface area (Å²) in [4.78, 5) is 14.4. The van der Waals surface area contributed by atoms with Crippen molar-refractivity contribution < 1.29 is 35.9 Å². The highest BCUT2D eigenvalue weighted by molar-refractivity contribution is 7.19. The van der Waals surface area contributed by atoms with Crippen LogP contribution in [-0.2, 0) is 0 Å². The van der Waals surface area contributed by atoms with E-state index in [0.717, 1.165) is 25.3 Å². The summed E-state index contributed by atoms with van der Waals surface area (Å²) in [5, 5.41) is 2.17. The molecule has 13 rings (SSSR count). The van der Waals surface area contributed by atoms with Crippen LogP contribution >= 0.6 is 0 Å². The number of para-hydroxylation sites is 4. The molecular weight excluding hydrogens is 857 g/mol. The van der Waals surface area contributed by atoms with Crippen LogP contribution in [0.4, 0.5) is 0 Å². The molecular formula is C63H42N4OSi. The maximum absolute atomic E-state index is 10.1. The van der Waals surface area contributed by atoms with Crippen molar-refractivity contribution in [1.82, 2.24) is 19.5 Å². The second-order valence-corrected chi connectivity index (χ2v) is 19.6. The van der Waals surface area contributed by atoms with Crippen LogP contribution in [0.2, 0.25) is 0 Å². The third-order valence-electron chi connectivity index (χ3n) is 11.9. The van der Waals surface area contributed by atoms with E-state index in [-0.39, 0.29) is 22.2 Å². The largest absolute Gasteiger partial charge is 0.455 e. The first-order valence-electron chi connectivity index (χ1n) is 33.0. The summed E-state index contributed by atoms with van der Waals surface area (Å²) in [6, 6.07) is 18.4. The van der Waals surface area contributed by atoms with Crippen LogP contribution in [0.1, 0.15) is 31.5 Å². The fourth-order valence-corrected chi connectivity index (χ4v) is 13.7. The van der Waals surface area contributed by atoms with E-state index >= 15 is 0 Å². The molecule has 0 amide bonds. The summed E-state index contributed by atoms with van der Waals surface area (Å²) in [5.74, 6) is -1.55. The van der Waals surface area contributed by atoms with Gasteiger partial charge in [0.25, 0.3) is 0 Å². The van der Waals surface area contributed by atoms with Gasteiger partial charge in [0.2, 0.25) is 0 Å². The number of benzene rings is 10. The Morgan fingerprint density at radius 2 is 0.899 bits per heavy atom. The highest BCUT2D eigenvalue weighted by Crippen LogP contribution is 2.37. The Hall–Kier alpha value is -8.97. The standard InChI is InChI=1S/C63H42N4OSi/c1-4-22-48(23-5-1)69(49-24-6-2-7-25-49,50-26-8-3-9-27-50)51-28-17-20-46(42-51)63-65-61(44-39-37-43(38-40-44)52-32-18-33-56-55-31-12-15-36-59(55)68-60(52)56)64-62(66-63)45-19-16-21-47(41-45)67-57-34-13-10-29-53(57)54-30-11-14-35-58(54)67/h1-42H/i10D,11D,12D,13D,14D,15D,16D,18D,19D,21D,29D,30D,31D,32D,33D,34D,35D,36D,37D,38D,39D,40D,41D. The number of hydrogen-bond donors (Lipinski definition) is 0. The second-order valence-electron chi connectivity index (χ2n) is 15.8. The normalized spacial score (nSPS) is 16.4. The smallest absolute Gasteiger partial charge is 0.179 e. The molecule has 0 aliphatic heterocycles. The minimum atomic E-state index is -3.38. The third-order valence-corrected chi connectivity index (χ3v) is 16.7. The molecule has 10 aromatic carbocycles. The minimum Gasteiger partial charge on any atom is -0.455 e. The molecule has 0 fully saturated rings. The highest BCUT2D eigenvalue weighted by atomic mass is 28.3. The number of hydrogen-bond acceptors (Lipinski definition) is 4. The van der Waals surface area contributed by atoms with Gasteiger partial charge in [0.1, 0.15) is 11.2 Å². The molecule has 0 spiro atoms. The van der Waals surface area contributed by atoms with Gasteiger partial charge in [-0.15, -0.1) is 0 Å². The van der Waals surface area contributed by atoms with Gasteiger partial charge in [-0.1, -0.05) is 224 Å². The van der Waals surface area contributed by atoms with E-state index in [2.05, 4.69) is 4.98 Å². The average molecular weight is 922 g/mol. The quantitative estimate of drug-likeness (QED) is 0.107. The third kappa shape index (κ3) is 6.80. The van der Waals surface area contributed by atoms with Crippen LogP contribution in [0.15, 0.2) is 259 Å². The summed E-state index contributed by atoms with van der Waals surface area (Å²) in [7, 11) is -3.38. The van der Waals surface area contributed by atoms with E-state index in [4.69, 9.17) is 32.2 Å². The number of fused-ring (bicyclic) bond motifs is 6. The molecule has 13 aromatic rings. The predicted octanol–water partition coefficient (Wildman–Crippen LogP) is 12.9. The first-order chi connectivity index (χ1) is 43.8. The molecule has 0 unspecified atom stereocenters. The predicted molar refractivity (Wildman–Crippen MR) is 287 cm³/mol. The molecule has 69 heavy (non-hydrogen) atoms. The van der Waals surface area contributed by atoms with Gasteiger partial charge in [0.15, 0.2) is 25.5 Å². The van der Waals surface area contributed by atoms with Crippen LogP contribution in [-0.4, -0.2) is 27.6 Å². The zero-order valence-corrected chi connectivity index (χ0v) is 36.7. The summed E-state index contributed by atoms with van der Waals surface area (Å²) in [6.07, 6.45) is 0. The Morgan fingerprint density at radius 3 is 1.54 bits per heavy atom. The topological polar surface area (TPSA) is 56.7 Å². The Kier molecular flexibility index (Phi) is 5.61. The lowest BCUT2D eigenvalue weighted by molar-refractivity contribution is 0.670. The average Bonchev–Trinajstić information content (AvgIpc) is 1.50. The van der Waals surface area contributed by atoms with Crippen LogP contribution in [0.5, 0.6) is 0 Å². The molecule has 0 saturated heterocycles. The van der Waals surface area contributed by atoms with Crippen molar-refractivity contribution in [2.24, 2.45) is 0 Å². The summed E-state index contributed by atoms with van der Waals surface area (Å²) in [5.41, 5.74) is -4.95. The van der Waals surface area contributed by atoms with Gasteiger partial charge in [0, 0.05) is 49.5 Å². The maximum Gasteiger partial charge on any atom is 0.179 e. The molecule has 0 saturated carbocycles. The van der Waals surface area contributed by atoms with E-state index in [9.17, 15) is 13.7 Å². The molecule has 3 heterocycles. The first kappa shape index (κ1) is 23.2. The summed E-state index contributed by atoms with van der Waals surface area (Å²) in [6.45, 7) is 0. The van der Waals surface area contributed by atoms with Crippen molar-refractivity contribution in [3.63, 3.8) is 0 Å². The van der Waals surface area contributed by atoms with E-state index in [0.29, 0.717) is 0 Å². The molecule has 0 aliphatic carbocycles. The van der Waals surface area contributed by atoms with Gasteiger partial charge >= 0.3 is 0 Å². The molecule has 0 atom stereocenters. The van der Waals surface area contributed by atoms with Crippen molar-refractivity contribution in [2.45, 2.75) is 0 Å². The van der Waals surface area contributed by atoms with Crippen LogP contribution in [0.3, 0.4) is 0 Å². The van der Waals surface area contributed by atoms with Gasteiger partial charge in [0.05, 0.1) is 42.6 Å². The first-order valence-corrected chi connectivity index (χ1v) is 23.5. The highest BCUT2D eigenvalue weighted by Gasteiger charge is 2.41. The lowest BCUT2D eigenvalue weighted by Gasteiger charge is -2.34. The Balaban J connectivity index is 1.14. The van der Waals surface area contributed by atoms with Crippen molar-refractivity contribution >= 4 is 72.6 Å². The number of aromatic nitrogens is 4. The Bertz CT molecular complexity index is 5200. The number of nitrogens with zero attached hydrogens (tertiary/aromatic N) is 4. The lowest BCUT2D eigenvalue weighted by Crippen LogP contribution is -2.74. The minimum absolute atomic E-state index is 0.230. The van der Waals surface area contributed by atoms with Gasteiger partial charge < -0.3 is 8.98 Å². The van der Waals surface area contributed by atoms with E-state index in [1.165, 1.54) is 0 Å². The molecule has 6 heteroatoms. The van der Waals surface area contributed by atoms with E-state index in [1.54, 1.807) is 12.1 Å². The zero-order chi connectivity index (χ0) is 65.7. The zero-order valence-electron chi connectivity index (χ0n) is 58.7. The Labute approximate surface area is 432 Å². The van der Waals surface area contributed by atoms with E-state index in [1.807, 2.05) is 103 Å². The van der Waals surface area contributed by atoms with Crippen molar-refractivity contribution in [2.75, 3.05) is 0 Å². The molecule has 0 bridgehead atoms. The molecule has 3 aromatic heterocycles. The van der Waals surface area contributed by atoms with Gasteiger partial charge in [-0.25, -0.2) is 15.0 Å². The van der Waals surface area contributed by atoms with Crippen molar-refractivity contribution in [1.29, 1.82) is 0 Å². The van der Waals surface area contributed by atoms with Gasteiger partial charge in [-0.05, 0) is 56.5 Å². The molecule has 0 aliphatic rings. The van der Waals surface area contributed by atoms with E-state index < -0.39 is 220 Å². The number of furan rings is 1. The Morgan fingerprint density at radius 1 is 0.391 bits per heavy atom. The fourth-order valence-electron chi connectivity index (χ4n) is 8.94.